The first-order chi connectivity index (χ1) is 17.0. The molecule has 0 bridgehead atoms. The van der Waals surface area contributed by atoms with E-state index in [2.05, 4.69) is 10.2 Å². The highest BCUT2D eigenvalue weighted by atomic mass is 32.2. The van der Waals surface area contributed by atoms with E-state index in [1.165, 1.54) is 18.9 Å². The number of hydrogen-bond acceptors (Lipinski definition) is 7. The molecule has 0 unspecified atom stereocenters. The third-order valence-corrected chi connectivity index (χ3v) is 7.09. The summed E-state index contributed by atoms with van der Waals surface area (Å²) in [6.07, 6.45) is 1.26. The van der Waals surface area contributed by atoms with Crippen LogP contribution in [0.5, 0.6) is 5.75 Å². The molecule has 1 fully saturated rings. The number of aryl methyl sites for hydroxylation is 2. The zero-order valence-corrected chi connectivity index (χ0v) is 21.1. The van der Waals surface area contributed by atoms with Crippen molar-refractivity contribution in [2.45, 2.75) is 38.5 Å². The summed E-state index contributed by atoms with van der Waals surface area (Å²) < 4.78 is 12.9. The van der Waals surface area contributed by atoms with E-state index in [0.29, 0.717) is 36.9 Å². The molecule has 0 atom stereocenters. The van der Waals surface area contributed by atoms with Crippen molar-refractivity contribution >= 4 is 23.6 Å². The fraction of sp³-hybridized carbons (Fsp3) is 0.385. The first kappa shape index (κ1) is 24.8. The standard InChI is InChI=1S/C26H30N4O4S/c1-18-8-7-9-19(2)24(18)34-16-22-27-28-26(30(22)21-10-5-4-6-11-21)35-17-23(31)29-14-12-20(13-15-29)25(32)33-3/h4-11,20H,12-17H2,1-3H3. The third-order valence-electron chi connectivity index (χ3n) is 6.18. The van der Waals surface area contributed by atoms with E-state index in [1.807, 2.05) is 66.9 Å². The van der Waals surface area contributed by atoms with Gasteiger partial charge in [-0.3, -0.25) is 14.2 Å². The van der Waals surface area contributed by atoms with Gasteiger partial charge in [-0.15, -0.1) is 10.2 Å². The Morgan fingerprint density at radius 2 is 1.69 bits per heavy atom. The summed E-state index contributed by atoms with van der Waals surface area (Å²) in [5, 5.41) is 9.40. The van der Waals surface area contributed by atoms with E-state index in [9.17, 15) is 9.59 Å². The van der Waals surface area contributed by atoms with E-state index in [0.717, 1.165) is 22.6 Å². The molecule has 4 rings (SSSR count). The molecule has 1 aliphatic rings. The fourth-order valence-electron chi connectivity index (χ4n) is 4.24. The summed E-state index contributed by atoms with van der Waals surface area (Å²) >= 11 is 1.36. The molecule has 9 heteroatoms. The van der Waals surface area contributed by atoms with Gasteiger partial charge in [-0.2, -0.15) is 0 Å². The van der Waals surface area contributed by atoms with Crippen LogP contribution in [0, 0.1) is 19.8 Å². The number of likely N-dealkylation sites (tertiary alicyclic amines) is 1. The van der Waals surface area contributed by atoms with Crippen LogP contribution in [0.15, 0.2) is 53.7 Å². The molecule has 1 saturated heterocycles. The monoisotopic (exact) mass is 494 g/mol. The van der Waals surface area contributed by atoms with Crippen LogP contribution >= 0.6 is 11.8 Å². The Morgan fingerprint density at radius 3 is 2.34 bits per heavy atom. The van der Waals surface area contributed by atoms with Gasteiger partial charge in [0.25, 0.3) is 0 Å². The van der Waals surface area contributed by atoms with E-state index < -0.39 is 0 Å². The van der Waals surface area contributed by atoms with E-state index in [4.69, 9.17) is 9.47 Å². The van der Waals surface area contributed by atoms with Gasteiger partial charge < -0.3 is 14.4 Å². The third kappa shape index (κ3) is 5.85. The Balaban J connectivity index is 1.46. The number of hydrogen-bond donors (Lipinski definition) is 0. The molecule has 35 heavy (non-hydrogen) atoms. The van der Waals surface area contributed by atoms with Crippen molar-refractivity contribution in [1.29, 1.82) is 0 Å². The molecular weight excluding hydrogens is 464 g/mol. The molecule has 0 saturated carbocycles. The predicted molar refractivity (Wildman–Crippen MR) is 134 cm³/mol. The van der Waals surface area contributed by atoms with Crippen molar-refractivity contribution in [2.75, 3.05) is 26.0 Å². The maximum Gasteiger partial charge on any atom is 0.308 e. The number of methoxy groups -OCH3 is 1. The molecule has 1 amide bonds. The number of carbonyl (C=O) groups excluding carboxylic acids is 2. The average Bonchev–Trinajstić information content (AvgIpc) is 3.29. The molecule has 0 aliphatic carbocycles. The highest BCUT2D eigenvalue weighted by Crippen LogP contribution is 2.27. The van der Waals surface area contributed by atoms with Crippen LogP contribution < -0.4 is 4.74 Å². The summed E-state index contributed by atoms with van der Waals surface area (Å²) in [7, 11) is 1.40. The van der Waals surface area contributed by atoms with Gasteiger partial charge in [0.1, 0.15) is 12.4 Å². The van der Waals surface area contributed by atoms with Gasteiger partial charge in [0.2, 0.25) is 5.91 Å². The minimum Gasteiger partial charge on any atom is -0.485 e. The minimum absolute atomic E-state index is 0.0225. The van der Waals surface area contributed by atoms with Crippen molar-refractivity contribution in [2.24, 2.45) is 5.92 Å². The van der Waals surface area contributed by atoms with Crippen LogP contribution in [0.1, 0.15) is 29.8 Å². The number of carbonyl (C=O) groups is 2. The van der Waals surface area contributed by atoms with Crippen LogP contribution in [0.4, 0.5) is 0 Å². The lowest BCUT2D eigenvalue weighted by molar-refractivity contribution is -0.148. The summed E-state index contributed by atoms with van der Waals surface area (Å²) in [6.45, 7) is 5.40. The van der Waals surface area contributed by atoms with Gasteiger partial charge in [0.05, 0.1) is 18.8 Å². The Hall–Kier alpha value is -3.33. The second-order valence-electron chi connectivity index (χ2n) is 8.55. The van der Waals surface area contributed by atoms with Crippen LogP contribution in [-0.2, 0) is 20.9 Å². The Kier molecular flexibility index (Phi) is 8.07. The first-order valence-electron chi connectivity index (χ1n) is 11.6. The van der Waals surface area contributed by atoms with Crippen molar-refractivity contribution in [3.8, 4) is 11.4 Å². The summed E-state index contributed by atoms with van der Waals surface area (Å²) in [5.74, 6) is 1.44. The Morgan fingerprint density at radius 1 is 1.00 bits per heavy atom. The summed E-state index contributed by atoms with van der Waals surface area (Å²) in [5.41, 5.74) is 3.03. The molecule has 1 aliphatic heterocycles. The van der Waals surface area contributed by atoms with Gasteiger partial charge >= 0.3 is 5.97 Å². The number of benzene rings is 2. The first-order valence-corrected chi connectivity index (χ1v) is 12.6. The molecule has 1 aromatic heterocycles. The number of aromatic nitrogens is 3. The molecule has 2 heterocycles. The summed E-state index contributed by atoms with van der Waals surface area (Å²) in [4.78, 5) is 26.4. The largest absolute Gasteiger partial charge is 0.485 e. The smallest absolute Gasteiger partial charge is 0.308 e. The second-order valence-corrected chi connectivity index (χ2v) is 9.49. The number of rotatable bonds is 8. The quantitative estimate of drug-likeness (QED) is 0.346. The molecule has 8 nitrogen and oxygen atoms in total. The zero-order chi connectivity index (χ0) is 24.8. The Bertz CT molecular complexity index is 1150. The number of thioether (sulfide) groups is 1. The van der Waals surface area contributed by atoms with Gasteiger partial charge in [-0.1, -0.05) is 48.2 Å². The van der Waals surface area contributed by atoms with E-state index in [-0.39, 0.29) is 30.2 Å². The lowest BCUT2D eigenvalue weighted by atomic mass is 9.97. The highest BCUT2D eigenvalue weighted by Gasteiger charge is 2.28. The number of piperidine rings is 1. The zero-order valence-electron chi connectivity index (χ0n) is 20.3. The normalized spacial score (nSPS) is 14.1. The van der Waals surface area contributed by atoms with Crippen molar-refractivity contribution in [3.05, 3.63) is 65.5 Å². The molecule has 3 aromatic rings. The van der Waals surface area contributed by atoms with Gasteiger partial charge in [0, 0.05) is 18.8 Å². The van der Waals surface area contributed by atoms with Crippen molar-refractivity contribution < 1.29 is 19.1 Å². The number of nitrogens with zero attached hydrogens (tertiary/aromatic N) is 4. The molecule has 184 valence electrons. The molecule has 2 aromatic carbocycles. The number of amides is 1. The minimum atomic E-state index is -0.196. The van der Waals surface area contributed by atoms with Crippen LogP contribution in [0.25, 0.3) is 5.69 Å². The van der Waals surface area contributed by atoms with Crippen molar-refractivity contribution in [3.63, 3.8) is 0 Å². The maximum atomic E-state index is 12.9. The molecular formula is C26H30N4O4S. The van der Waals surface area contributed by atoms with Crippen molar-refractivity contribution in [1.82, 2.24) is 19.7 Å². The van der Waals surface area contributed by atoms with E-state index in [1.54, 1.807) is 4.90 Å². The summed E-state index contributed by atoms with van der Waals surface area (Å²) in [6, 6.07) is 15.9. The van der Waals surface area contributed by atoms with E-state index >= 15 is 0 Å². The molecule has 0 radical (unpaired) electrons. The topological polar surface area (TPSA) is 86.6 Å². The van der Waals surface area contributed by atoms with Crippen LogP contribution in [0.3, 0.4) is 0 Å². The molecule has 0 spiro atoms. The number of esters is 1. The maximum absolute atomic E-state index is 12.9. The SMILES string of the molecule is COC(=O)C1CCN(C(=O)CSc2nnc(COc3c(C)cccc3C)n2-c2ccccc2)CC1. The van der Waals surface area contributed by atoms with Gasteiger partial charge in [0.15, 0.2) is 11.0 Å². The molecule has 0 N–H and O–H groups in total. The average molecular weight is 495 g/mol. The van der Waals surface area contributed by atoms with Crippen LogP contribution in [0.2, 0.25) is 0 Å². The highest BCUT2D eigenvalue weighted by molar-refractivity contribution is 7.99. The lowest BCUT2D eigenvalue weighted by Crippen LogP contribution is -2.41. The van der Waals surface area contributed by atoms with Gasteiger partial charge in [-0.05, 0) is 49.9 Å². The number of para-hydroxylation sites is 2. The fourth-order valence-corrected chi connectivity index (χ4v) is 5.11. The second kappa shape index (κ2) is 11.4. The predicted octanol–water partition coefficient (Wildman–Crippen LogP) is 3.97. The number of ether oxygens (including phenoxy) is 2. The Labute approximate surface area is 209 Å². The van der Waals surface area contributed by atoms with Crippen LogP contribution in [-0.4, -0.2) is 57.5 Å². The van der Waals surface area contributed by atoms with Gasteiger partial charge in [-0.25, -0.2) is 0 Å². The lowest BCUT2D eigenvalue weighted by Gasteiger charge is -2.30.